The van der Waals surface area contributed by atoms with Crippen LogP contribution in [0.1, 0.15) is 50.2 Å². The van der Waals surface area contributed by atoms with Gasteiger partial charge in [-0.25, -0.2) is 13.5 Å². The number of rotatable bonds is 12. The number of anilines is 4. The molecule has 16 heteroatoms. The topological polar surface area (TPSA) is 161 Å². The molecule has 284 valence electrons. The minimum Gasteiger partial charge on any atom is -0.366 e. The summed E-state index contributed by atoms with van der Waals surface area (Å²) in [7, 11) is 2.19. The standard InChI is InChI=1S/C38H47N11O4S/c1-25-22-46(17-18-49(25)28-7-8-30-32(20-28)45(3)44-35(30)47(24-50)14-11-33(51)39-2)23-26-5-4-6-29(19-26)54(53)48-15-9-27(10-16-48)41-37-40-21-31-34(43-37)42-36(52)38(31)12-13-38/h4-8,19-21,24-25,27H,9-18,22-23H2,1-3H3,(H,39,51)(H2,40,41,42,43,52). The molecule has 3 aliphatic heterocycles. The number of benzene rings is 2. The number of piperidine rings is 1. The number of nitrogens with zero attached hydrogens (tertiary/aromatic N) is 8. The summed E-state index contributed by atoms with van der Waals surface area (Å²) in [4.78, 5) is 52.3. The number of carbonyl (C=O) groups is 3. The molecule has 3 N–H and O–H groups in total. The monoisotopic (exact) mass is 753 g/mol. The second-order valence-electron chi connectivity index (χ2n) is 14.9. The van der Waals surface area contributed by atoms with E-state index in [4.69, 9.17) is 0 Å². The third kappa shape index (κ3) is 6.93. The Labute approximate surface area is 317 Å². The molecular formula is C38H47N11O4S. The van der Waals surface area contributed by atoms with Crippen molar-refractivity contribution in [3.05, 3.63) is 59.8 Å². The molecule has 2 saturated heterocycles. The van der Waals surface area contributed by atoms with Crippen molar-refractivity contribution in [3.63, 3.8) is 0 Å². The van der Waals surface area contributed by atoms with Gasteiger partial charge in [0, 0.05) is 101 Å². The van der Waals surface area contributed by atoms with Gasteiger partial charge < -0.3 is 20.9 Å². The van der Waals surface area contributed by atoms with E-state index < -0.39 is 16.4 Å². The normalized spacial score (nSPS) is 20.5. The molecule has 15 nitrogen and oxygen atoms in total. The lowest BCUT2D eigenvalue weighted by molar-refractivity contribution is -0.120. The summed E-state index contributed by atoms with van der Waals surface area (Å²) in [5.74, 6) is 1.61. The number of nitrogens with one attached hydrogen (secondary N) is 3. The average Bonchev–Trinajstić information content (AvgIpc) is 3.86. The summed E-state index contributed by atoms with van der Waals surface area (Å²) < 4.78 is 17.6. The molecule has 54 heavy (non-hydrogen) atoms. The third-order valence-corrected chi connectivity index (χ3v) is 12.9. The summed E-state index contributed by atoms with van der Waals surface area (Å²) in [6, 6.07) is 14.8. The van der Waals surface area contributed by atoms with Crippen molar-refractivity contribution in [2.24, 2.45) is 7.05 Å². The van der Waals surface area contributed by atoms with Crippen molar-refractivity contribution in [1.82, 2.24) is 34.3 Å². The van der Waals surface area contributed by atoms with E-state index in [1.807, 2.05) is 29.6 Å². The Morgan fingerprint density at radius 3 is 2.69 bits per heavy atom. The van der Waals surface area contributed by atoms with Crippen LogP contribution < -0.4 is 25.8 Å². The zero-order valence-corrected chi connectivity index (χ0v) is 31.8. The molecule has 1 spiro atoms. The lowest BCUT2D eigenvalue weighted by atomic mass is 10.0. The van der Waals surface area contributed by atoms with Crippen LogP contribution in [0.15, 0.2) is 53.6 Å². The van der Waals surface area contributed by atoms with Gasteiger partial charge in [-0.2, -0.15) is 10.1 Å². The molecule has 3 fully saturated rings. The predicted octanol–water partition coefficient (Wildman–Crippen LogP) is 2.76. The number of carbonyl (C=O) groups excluding carboxylic acids is 3. The first-order valence-electron chi connectivity index (χ1n) is 18.8. The molecule has 1 saturated carbocycles. The van der Waals surface area contributed by atoms with E-state index in [1.165, 1.54) is 4.90 Å². The van der Waals surface area contributed by atoms with Crippen molar-refractivity contribution in [1.29, 1.82) is 0 Å². The highest BCUT2D eigenvalue weighted by Gasteiger charge is 2.57. The minimum absolute atomic E-state index is 0.0369. The number of amides is 3. The average molecular weight is 754 g/mol. The highest BCUT2D eigenvalue weighted by atomic mass is 32.2. The number of fused-ring (bicyclic) bond motifs is 3. The van der Waals surface area contributed by atoms with Gasteiger partial charge in [0.1, 0.15) is 16.8 Å². The van der Waals surface area contributed by atoms with Crippen LogP contribution in [0, 0.1) is 0 Å². The van der Waals surface area contributed by atoms with E-state index in [0.717, 1.165) is 90.9 Å². The Morgan fingerprint density at radius 2 is 1.94 bits per heavy atom. The fourth-order valence-electron chi connectivity index (χ4n) is 8.11. The van der Waals surface area contributed by atoms with Crippen molar-refractivity contribution in [3.8, 4) is 0 Å². The lowest BCUT2D eigenvalue weighted by Crippen LogP contribution is -2.51. The molecule has 4 aromatic rings. The first kappa shape index (κ1) is 36.1. The highest BCUT2D eigenvalue weighted by molar-refractivity contribution is 7.82. The van der Waals surface area contributed by atoms with Crippen LogP contribution in [-0.2, 0) is 44.4 Å². The quantitative estimate of drug-likeness (QED) is 0.184. The first-order valence-corrected chi connectivity index (χ1v) is 19.9. The fraction of sp³-hybridized carbons (Fsp3) is 0.474. The summed E-state index contributed by atoms with van der Waals surface area (Å²) in [5.41, 5.74) is 3.69. The van der Waals surface area contributed by atoms with E-state index in [2.05, 4.69) is 72.0 Å². The van der Waals surface area contributed by atoms with E-state index in [1.54, 1.807) is 17.9 Å². The number of hydrogen-bond acceptors (Lipinski definition) is 10. The molecule has 2 aromatic carbocycles. The van der Waals surface area contributed by atoms with Crippen LogP contribution in [0.25, 0.3) is 10.9 Å². The second kappa shape index (κ2) is 14.7. The van der Waals surface area contributed by atoms with Gasteiger partial charge in [0.2, 0.25) is 24.2 Å². The molecule has 3 amide bonds. The van der Waals surface area contributed by atoms with Crippen molar-refractivity contribution in [2.45, 2.75) is 68.0 Å². The van der Waals surface area contributed by atoms with Crippen molar-refractivity contribution >= 4 is 63.4 Å². The Balaban J connectivity index is 0.844. The summed E-state index contributed by atoms with van der Waals surface area (Å²) >= 11 is 0. The molecule has 4 aliphatic rings. The Hall–Kier alpha value is -4.93. The SMILES string of the molecule is CNC(=O)CCN(C=O)c1nn(C)c2cc(N3CCN(Cc4cccc(S(=O)N5CCC(Nc6ncc7c(n6)NC(=O)C76CC6)CC5)c4)CC3C)ccc12. The number of piperazine rings is 1. The van der Waals surface area contributed by atoms with Crippen LogP contribution >= 0.6 is 0 Å². The van der Waals surface area contributed by atoms with E-state index in [-0.39, 0.29) is 36.9 Å². The van der Waals surface area contributed by atoms with Gasteiger partial charge in [-0.15, -0.1) is 0 Å². The highest BCUT2D eigenvalue weighted by Crippen LogP contribution is 2.54. The van der Waals surface area contributed by atoms with Gasteiger partial charge in [0.05, 0.1) is 15.8 Å². The Morgan fingerprint density at radius 1 is 1.13 bits per heavy atom. The third-order valence-electron chi connectivity index (χ3n) is 11.4. The summed E-state index contributed by atoms with van der Waals surface area (Å²) in [6.45, 7) is 7.26. The van der Waals surface area contributed by atoms with E-state index >= 15 is 0 Å². The molecule has 0 bridgehead atoms. The van der Waals surface area contributed by atoms with Crippen LogP contribution in [0.5, 0.6) is 0 Å². The number of aryl methyl sites for hydroxylation is 1. The molecular weight excluding hydrogens is 707 g/mol. The molecule has 2 unspecified atom stereocenters. The van der Waals surface area contributed by atoms with Gasteiger partial charge >= 0.3 is 0 Å². The van der Waals surface area contributed by atoms with Crippen molar-refractivity contribution in [2.75, 3.05) is 66.7 Å². The van der Waals surface area contributed by atoms with Gasteiger partial charge in [-0.1, -0.05) is 12.1 Å². The molecule has 8 rings (SSSR count). The number of aromatic nitrogens is 4. The van der Waals surface area contributed by atoms with Crippen LogP contribution in [0.4, 0.5) is 23.3 Å². The predicted molar refractivity (Wildman–Crippen MR) is 208 cm³/mol. The molecule has 1 aliphatic carbocycles. The van der Waals surface area contributed by atoms with Crippen LogP contribution in [0.2, 0.25) is 0 Å². The molecule has 5 heterocycles. The van der Waals surface area contributed by atoms with Crippen LogP contribution in [-0.4, -0.2) is 110 Å². The van der Waals surface area contributed by atoms with Gasteiger partial charge in [0.15, 0.2) is 5.82 Å². The Bertz CT molecular complexity index is 2110. The zero-order valence-electron chi connectivity index (χ0n) is 31.0. The summed E-state index contributed by atoms with van der Waals surface area (Å²) in [6.07, 6.45) is 6.07. The lowest BCUT2D eigenvalue weighted by Gasteiger charge is -2.41. The Kier molecular flexibility index (Phi) is 9.83. The maximum atomic E-state index is 13.7. The van der Waals surface area contributed by atoms with E-state index in [9.17, 15) is 18.6 Å². The fourth-order valence-corrected chi connectivity index (χ4v) is 9.40. The molecule has 2 aromatic heterocycles. The maximum absolute atomic E-state index is 13.7. The largest absolute Gasteiger partial charge is 0.366 e. The van der Waals surface area contributed by atoms with E-state index in [0.29, 0.717) is 30.7 Å². The molecule has 0 radical (unpaired) electrons. The van der Waals surface area contributed by atoms with Gasteiger partial charge in [0.25, 0.3) is 0 Å². The first-order chi connectivity index (χ1) is 26.1. The smallest absolute Gasteiger partial charge is 0.236 e. The van der Waals surface area contributed by atoms with Gasteiger partial charge in [-0.3, -0.25) is 28.9 Å². The zero-order chi connectivity index (χ0) is 37.6. The van der Waals surface area contributed by atoms with Crippen LogP contribution in [0.3, 0.4) is 0 Å². The summed E-state index contributed by atoms with van der Waals surface area (Å²) in [5, 5.41) is 14.4. The van der Waals surface area contributed by atoms with Crippen molar-refractivity contribution < 1.29 is 18.6 Å². The maximum Gasteiger partial charge on any atom is 0.236 e. The van der Waals surface area contributed by atoms with Gasteiger partial charge in [-0.05, 0) is 68.5 Å². The second-order valence-corrected chi connectivity index (χ2v) is 16.4. The minimum atomic E-state index is -1.26. The number of hydrogen-bond donors (Lipinski definition) is 3. The molecule has 2 atom stereocenters.